The number of sulfone groups is 1. The highest BCUT2D eigenvalue weighted by Gasteiger charge is 2.52. The van der Waals surface area contributed by atoms with Gasteiger partial charge in [0.2, 0.25) is 0 Å². The van der Waals surface area contributed by atoms with Gasteiger partial charge in [0.25, 0.3) is 0 Å². The number of aliphatic hydroxyl groups excluding tert-OH is 2. The third kappa shape index (κ3) is 6.31. The fourth-order valence-corrected chi connectivity index (χ4v) is 7.84. The first kappa shape index (κ1) is 31.1. The molecule has 0 unspecified atom stereocenters. The molecule has 0 aliphatic carbocycles. The Kier molecular flexibility index (Phi) is 9.46. The van der Waals surface area contributed by atoms with E-state index in [1.807, 2.05) is 112 Å². The van der Waals surface area contributed by atoms with Crippen molar-refractivity contribution in [3.8, 4) is 0 Å². The van der Waals surface area contributed by atoms with Crippen LogP contribution in [-0.2, 0) is 24.9 Å². The van der Waals surface area contributed by atoms with E-state index in [0.29, 0.717) is 0 Å². The van der Waals surface area contributed by atoms with E-state index < -0.39 is 45.2 Å². The van der Waals surface area contributed by atoms with E-state index in [4.69, 9.17) is 9.47 Å². The first-order chi connectivity index (χ1) is 20.6. The van der Waals surface area contributed by atoms with E-state index in [2.05, 4.69) is 5.32 Å². The Hall–Kier alpha value is -3.37. The Morgan fingerprint density at radius 3 is 1.70 bits per heavy atom. The van der Waals surface area contributed by atoms with Gasteiger partial charge in [0.1, 0.15) is 23.1 Å². The number of hydrogen-bond donors (Lipinski definition) is 3. The van der Waals surface area contributed by atoms with Crippen LogP contribution in [0.3, 0.4) is 0 Å². The summed E-state index contributed by atoms with van der Waals surface area (Å²) in [5.41, 5.74) is 2.34. The van der Waals surface area contributed by atoms with Crippen LogP contribution in [0.1, 0.15) is 36.1 Å². The molecule has 43 heavy (non-hydrogen) atoms. The topological polar surface area (TPSA) is 105 Å². The second kappa shape index (κ2) is 13.1. The Labute approximate surface area is 254 Å². The van der Waals surface area contributed by atoms with Crippen molar-refractivity contribution in [2.24, 2.45) is 0 Å². The molecular weight excluding hydrogens is 562 g/mol. The minimum absolute atomic E-state index is 0.0682. The van der Waals surface area contributed by atoms with Gasteiger partial charge in [0, 0.05) is 6.04 Å². The summed E-state index contributed by atoms with van der Waals surface area (Å²) in [6.07, 6.45) is -4.17. The van der Waals surface area contributed by atoms with Crippen molar-refractivity contribution in [1.82, 2.24) is 5.32 Å². The molecule has 226 valence electrons. The van der Waals surface area contributed by atoms with Crippen molar-refractivity contribution >= 4 is 9.84 Å². The third-order valence-corrected chi connectivity index (χ3v) is 10.1. The standard InChI is InChI=1S/C35H39NO6S/c1-24(2)36-31-33(43(39,40)29-21-19-25(3)20-22-29)32(37)30(42-34(31)38)23-41-35(26-13-7-4-8-14-26,27-15-9-5-10-16-27)28-17-11-6-12-18-28/h4-22,24,30-34,36-38H,23H2,1-3H3/t30-,31-,32-,33-,34+/m1/s1. The molecule has 1 heterocycles. The normalized spacial score (nSPS) is 22.9. The summed E-state index contributed by atoms with van der Waals surface area (Å²) in [6.45, 7) is 5.36. The Balaban J connectivity index is 1.56. The quantitative estimate of drug-likeness (QED) is 0.229. The lowest BCUT2D eigenvalue weighted by Gasteiger charge is -2.45. The van der Waals surface area contributed by atoms with Crippen LogP contribution in [-0.4, -0.2) is 61.1 Å². The first-order valence-corrected chi connectivity index (χ1v) is 16.1. The summed E-state index contributed by atoms with van der Waals surface area (Å²) in [6, 6.07) is 34.5. The third-order valence-electron chi connectivity index (χ3n) is 7.93. The summed E-state index contributed by atoms with van der Waals surface area (Å²) in [5.74, 6) is 0. The molecule has 8 heteroatoms. The molecule has 1 fully saturated rings. The molecule has 4 aromatic rings. The summed E-state index contributed by atoms with van der Waals surface area (Å²) >= 11 is 0. The van der Waals surface area contributed by atoms with E-state index in [1.165, 1.54) is 12.1 Å². The number of aryl methyl sites for hydroxylation is 1. The predicted molar refractivity (Wildman–Crippen MR) is 166 cm³/mol. The number of ether oxygens (including phenoxy) is 2. The second-order valence-corrected chi connectivity index (χ2v) is 13.4. The Morgan fingerprint density at radius 2 is 1.26 bits per heavy atom. The van der Waals surface area contributed by atoms with Gasteiger partial charge in [-0.1, -0.05) is 123 Å². The SMILES string of the molecule is Cc1ccc(S(=O)(=O)[C@H]2[C@H](O)[C@@H](COC(c3ccccc3)(c3ccccc3)c3ccccc3)O[C@H](O)[C@@H]2NC(C)C)cc1. The molecule has 5 rings (SSSR count). The van der Waals surface area contributed by atoms with Gasteiger partial charge in [-0.3, -0.25) is 0 Å². The average Bonchev–Trinajstić information content (AvgIpc) is 3.01. The molecule has 0 bridgehead atoms. The highest BCUT2D eigenvalue weighted by Crippen LogP contribution is 2.41. The summed E-state index contributed by atoms with van der Waals surface area (Å²) in [7, 11) is -4.11. The molecule has 0 amide bonds. The second-order valence-electron chi connectivity index (χ2n) is 11.3. The number of benzene rings is 4. The predicted octanol–water partition coefficient (Wildman–Crippen LogP) is 4.59. The van der Waals surface area contributed by atoms with Gasteiger partial charge < -0.3 is 25.0 Å². The van der Waals surface area contributed by atoms with Crippen molar-refractivity contribution in [3.63, 3.8) is 0 Å². The van der Waals surface area contributed by atoms with Crippen molar-refractivity contribution in [2.45, 2.75) is 67.1 Å². The minimum atomic E-state index is -4.11. The van der Waals surface area contributed by atoms with Gasteiger partial charge in [-0.25, -0.2) is 8.42 Å². The molecule has 1 aliphatic heterocycles. The maximum absolute atomic E-state index is 14.1. The van der Waals surface area contributed by atoms with Crippen LogP contribution in [0.5, 0.6) is 0 Å². The highest BCUT2D eigenvalue weighted by molar-refractivity contribution is 7.92. The monoisotopic (exact) mass is 601 g/mol. The lowest BCUT2D eigenvalue weighted by Crippen LogP contribution is -2.66. The van der Waals surface area contributed by atoms with E-state index in [0.717, 1.165) is 22.3 Å². The van der Waals surface area contributed by atoms with Crippen LogP contribution in [0.2, 0.25) is 0 Å². The number of nitrogens with one attached hydrogen (secondary N) is 1. The van der Waals surface area contributed by atoms with Crippen LogP contribution < -0.4 is 5.32 Å². The molecule has 0 spiro atoms. The zero-order chi connectivity index (χ0) is 30.6. The molecular formula is C35H39NO6S. The van der Waals surface area contributed by atoms with E-state index in [-0.39, 0.29) is 17.5 Å². The van der Waals surface area contributed by atoms with Crippen molar-refractivity contribution in [2.75, 3.05) is 6.61 Å². The van der Waals surface area contributed by atoms with Gasteiger partial charge in [-0.05, 0) is 35.7 Å². The van der Waals surface area contributed by atoms with Crippen LogP contribution in [0.4, 0.5) is 0 Å². The zero-order valence-corrected chi connectivity index (χ0v) is 25.4. The van der Waals surface area contributed by atoms with Gasteiger partial charge in [0.15, 0.2) is 16.1 Å². The smallest absolute Gasteiger partial charge is 0.185 e. The lowest BCUT2D eigenvalue weighted by molar-refractivity contribution is -0.229. The molecule has 5 atom stereocenters. The average molecular weight is 602 g/mol. The number of rotatable bonds is 10. The van der Waals surface area contributed by atoms with Gasteiger partial charge in [-0.2, -0.15) is 0 Å². The summed E-state index contributed by atoms with van der Waals surface area (Å²) < 4.78 is 40.9. The van der Waals surface area contributed by atoms with Gasteiger partial charge in [0.05, 0.1) is 17.5 Å². The highest BCUT2D eigenvalue weighted by atomic mass is 32.2. The molecule has 0 aromatic heterocycles. The minimum Gasteiger partial charge on any atom is -0.389 e. The van der Waals surface area contributed by atoms with Gasteiger partial charge >= 0.3 is 0 Å². The largest absolute Gasteiger partial charge is 0.389 e. The van der Waals surface area contributed by atoms with Gasteiger partial charge in [-0.15, -0.1) is 0 Å². The molecule has 7 nitrogen and oxygen atoms in total. The van der Waals surface area contributed by atoms with Crippen LogP contribution in [0.25, 0.3) is 0 Å². The first-order valence-electron chi connectivity index (χ1n) is 14.5. The molecule has 4 aromatic carbocycles. The van der Waals surface area contributed by atoms with E-state index in [9.17, 15) is 18.6 Å². The zero-order valence-electron chi connectivity index (χ0n) is 24.6. The van der Waals surface area contributed by atoms with E-state index >= 15 is 0 Å². The van der Waals surface area contributed by atoms with Crippen LogP contribution in [0.15, 0.2) is 120 Å². The fourth-order valence-electron chi connectivity index (χ4n) is 5.87. The molecule has 1 aliphatic rings. The molecule has 1 saturated heterocycles. The van der Waals surface area contributed by atoms with Crippen LogP contribution in [0, 0.1) is 6.92 Å². The maximum atomic E-state index is 14.1. The lowest BCUT2D eigenvalue weighted by atomic mass is 9.80. The maximum Gasteiger partial charge on any atom is 0.185 e. The van der Waals surface area contributed by atoms with Crippen molar-refractivity contribution in [1.29, 1.82) is 0 Å². The number of hydrogen-bond acceptors (Lipinski definition) is 7. The van der Waals surface area contributed by atoms with E-state index in [1.54, 1.807) is 12.1 Å². The van der Waals surface area contributed by atoms with Crippen molar-refractivity contribution < 1.29 is 28.1 Å². The summed E-state index contributed by atoms with van der Waals surface area (Å²) in [4.78, 5) is 0.0682. The summed E-state index contributed by atoms with van der Waals surface area (Å²) in [5, 5.41) is 24.7. The molecule has 0 saturated carbocycles. The fraction of sp³-hybridized carbons (Fsp3) is 0.314. The Morgan fingerprint density at radius 1 is 0.791 bits per heavy atom. The Bertz CT molecular complexity index is 1470. The van der Waals surface area contributed by atoms with Crippen LogP contribution >= 0.6 is 0 Å². The molecule has 3 N–H and O–H groups in total. The number of aliphatic hydroxyl groups is 2. The van der Waals surface area contributed by atoms with Crippen molar-refractivity contribution in [3.05, 3.63) is 138 Å². The molecule has 0 radical (unpaired) electrons.